The van der Waals surface area contributed by atoms with Crippen molar-refractivity contribution in [3.63, 3.8) is 0 Å². The van der Waals surface area contributed by atoms with Gasteiger partial charge in [0.15, 0.2) is 6.10 Å². The second-order valence-corrected chi connectivity index (χ2v) is 8.94. The van der Waals surface area contributed by atoms with Gasteiger partial charge in [0.05, 0.1) is 10.6 Å². The Bertz CT molecular complexity index is 1610. The fraction of sp³-hybridized carbons (Fsp3) is 0.143. The number of hydrogen-bond donors (Lipinski definition) is 2. The molecule has 0 aliphatic carbocycles. The minimum atomic E-state index is -1.26. The topological polar surface area (TPSA) is 115 Å². The van der Waals surface area contributed by atoms with E-state index < -0.39 is 23.9 Å². The van der Waals surface area contributed by atoms with Crippen LogP contribution in [0.3, 0.4) is 0 Å². The Balaban J connectivity index is 1.70. The van der Waals surface area contributed by atoms with E-state index in [9.17, 15) is 24.3 Å². The highest BCUT2D eigenvalue weighted by Crippen LogP contribution is 2.31. The van der Waals surface area contributed by atoms with Crippen molar-refractivity contribution in [3.05, 3.63) is 98.9 Å². The molecular formula is C28H23ClN2O6. The first kappa shape index (κ1) is 25.7. The van der Waals surface area contributed by atoms with Gasteiger partial charge in [-0.15, -0.1) is 0 Å². The van der Waals surface area contributed by atoms with Gasteiger partial charge in [0.1, 0.15) is 5.69 Å². The monoisotopic (exact) mass is 518 g/mol. The molecule has 2 N–H and O–H groups in total. The molecule has 4 rings (SSSR count). The van der Waals surface area contributed by atoms with E-state index in [-0.39, 0.29) is 27.5 Å². The van der Waals surface area contributed by atoms with E-state index in [0.717, 1.165) is 5.56 Å². The molecule has 1 atom stereocenters. The third kappa shape index (κ3) is 5.10. The van der Waals surface area contributed by atoms with Gasteiger partial charge in [-0.05, 0) is 49.1 Å². The Morgan fingerprint density at radius 2 is 1.65 bits per heavy atom. The minimum Gasteiger partial charge on any atom is -0.478 e. The lowest BCUT2D eigenvalue weighted by Crippen LogP contribution is -2.33. The molecule has 0 fully saturated rings. The third-order valence-corrected chi connectivity index (χ3v) is 6.28. The largest absolute Gasteiger partial charge is 0.478 e. The van der Waals surface area contributed by atoms with Gasteiger partial charge < -0.3 is 19.7 Å². The van der Waals surface area contributed by atoms with Crippen molar-refractivity contribution in [3.8, 4) is 11.1 Å². The zero-order valence-corrected chi connectivity index (χ0v) is 21.0. The fourth-order valence-corrected chi connectivity index (χ4v) is 4.20. The van der Waals surface area contributed by atoms with E-state index in [1.807, 2.05) is 31.2 Å². The molecule has 1 unspecified atom stereocenters. The Morgan fingerprint density at radius 1 is 1.00 bits per heavy atom. The number of amides is 1. The molecule has 1 amide bonds. The van der Waals surface area contributed by atoms with E-state index in [0.29, 0.717) is 21.9 Å². The van der Waals surface area contributed by atoms with E-state index in [2.05, 4.69) is 5.32 Å². The van der Waals surface area contributed by atoms with Gasteiger partial charge in [0.2, 0.25) is 0 Å². The van der Waals surface area contributed by atoms with Crippen molar-refractivity contribution < 1.29 is 24.2 Å². The smallest absolute Gasteiger partial charge is 0.356 e. The number of ether oxygens (including phenoxy) is 1. The minimum absolute atomic E-state index is 0.00635. The molecular weight excluding hydrogens is 496 g/mol. The Labute approximate surface area is 217 Å². The summed E-state index contributed by atoms with van der Waals surface area (Å²) in [4.78, 5) is 50.6. The number of hydrogen-bond acceptors (Lipinski definition) is 5. The number of aromatic nitrogens is 1. The van der Waals surface area contributed by atoms with Crippen molar-refractivity contribution >= 4 is 45.9 Å². The van der Waals surface area contributed by atoms with Crippen molar-refractivity contribution in [1.82, 2.24) is 4.57 Å². The average molecular weight is 519 g/mol. The van der Waals surface area contributed by atoms with Gasteiger partial charge in [-0.3, -0.25) is 9.59 Å². The summed E-state index contributed by atoms with van der Waals surface area (Å²) in [7, 11) is 1.48. The molecule has 1 aromatic heterocycles. The number of esters is 1. The summed E-state index contributed by atoms with van der Waals surface area (Å²) in [5.74, 6) is -2.79. The zero-order chi connectivity index (χ0) is 26.9. The first-order valence-corrected chi connectivity index (χ1v) is 11.7. The van der Waals surface area contributed by atoms with Crippen LogP contribution in [0, 0.1) is 6.92 Å². The summed E-state index contributed by atoms with van der Waals surface area (Å²) in [6.07, 6.45) is -1.26. The van der Waals surface area contributed by atoms with Crippen LogP contribution in [-0.2, 0) is 16.6 Å². The van der Waals surface area contributed by atoms with E-state index in [4.69, 9.17) is 16.3 Å². The number of carboxylic acids is 1. The maximum Gasteiger partial charge on any atom is 0.356 e. The van der Waals surface area contributed by atoms with E-state index in [1.54, 1.807) is 24.3 Å². The number of aryl methyl sites for hydroxylation is 1. The molecule has 4 aromatic rings. The molecule has 0 saturated carbocycles. The van der Waals surface area contributed by atoms with E-state index in [1.165, 1.54) is 36.7 Å². The number of carboxylic acid groups (broad SMARTS) is 1. The van der Waals surface area contributed by atoms with Gasteiger partial charge in [-0.25, -0.2) is 9.59 Å². The van der Waals surface area contributed by atoms with Crippen molar-refractivity contribution in [1.29, 1.82) is 0 Å². The van der Waals surface area contributed by atoms with Crippen LogP contribution in [0.5, 0.6) is 0 Å². The summed E-state index contributed by atoms with van der Waals surface area (Å²) < 4.78 is 6.71. The van der Waals surface area contributed by atoms with Gasteiger partial charge in [0.25, 0.3) is 11.5 Å². The van der Waals surface area contributed by atoms with Crippen LogP contribution in [0.1, 0.15) is 33.3 Å². The Kier molecular flexibility index (Phi) is 7.13. The number of anilines is 1. The predicted octanol–water partition coefficient (Wildman–Crippen LogP) is 5.05. The molecule has 37 heavy (non-hydrogen) atoms. The van der Waals surface area contributed by atoms with Crippen LogP contribution in [0.4, 0.5) is 5.69 Å². The van der Waals surface area contributed by atoms with Crippen LogP contribution in [0.25, 0.3) is 21.9 Å². The highest BCUT2D eigenvalue weighted by Gasteiger charge is 2.26. The van der Waals surface area contributed by atoms with Gasteiger partial charge in [-0.1, -0.05) is 59.6 Å². The number of benzene rings is 3. The molecule has 0 saturated heterocycles. The zero-order valence-electron chi connectivity index (χ0n) is 20.2. The van der Waals surface area contributed by atoms with Gasteiger partial charge in [-0.2, -0.15) is 0 Å². The molecule has 0 spiro atoms. The summed E-state index contributed by atoms with van der Waals surface area (Å²) >= 11 is 5.88. The molecule has 9 heteroatoms. The molecule has 0 aliphatic heterocycles. The number of pyridine rings is 1. The lowest BCUT2D eigenvalue weighted by Gasteiger charge is -2.19. The molecule has 3 aromatic carbocycles. The summed E-state index contributed by atoms with van der Waals surface area (Å²) in [5, 5.41) is 12.8. The molecule has 8 nitrogen and oxygen atoms in total. The predicted molar refractivity (Wildman–Crippen MR) is 141 cm³/mol. The molecule has 0 aliphatic rings. The van der Waals surface area contributed by atoms with Crippen LogP contribution in [0.15, 0.2) is 71.5 Å². The summed E-state index contributed by atoms with van der Waals surface area (Å²) in [6, 6.07) is 18.5. The van der Waals surface area contributed by atoms with Crippen molar-refractivity contribution in [2.45, 2.75) is 20.0 Å². The molecule has 1 heterocycles. The number of nitrogens with zero attached hydrogens (tertiary/aromatic N) is 1. The first-order chi connectivity index (χ1) is 17.6. The first-order valence-electron chi connectivity index (χ1n) is 11.3. The standard InChI is InChI=1S/C28H23ClN2O6/c1-15-8-10-17(11-9-15)23-19-6-4-5-7-20(19)26(33)31(3)24(23)28(36)37-16(2)25(32)30-18-12-13-22(29)21(14-18)27(34)35/h4-14,16H,1-3H3,(H,30,32)(H,34,35). The third-order valence-electron chi connectivity index (χ3n) is 5.95. The van der Waals surface area contributed by atoms with Crippen molar-refractivity contribution in [2.24, 2.45) is 7.05 Å². The molecule has 0 bridgehead atoms. The van der Waals surface area contributed by atoms with Crippen molar-refractivity contribution in [2.75, 3.05) is 5.32 Å². The fourth-order valence-electron chi connectivity index (χ4n) is 4.00. The van der Waals surface area contributed by atoms with Crippen LogP contribution >= 0.6 is 11.6 Å². The normalized spacial score (nSPS) is 11.7. The number of carbonyl (C=O) groups excluding carboxylic acids is 2. The van der Waals surface area contributed by atoms with E-state index >= 15 is 0 Å². The second-order valence-electron chi connectivity index (χ2n) is 8.54. The number of nitrogens with one attached hydrogen (secondary N) is 1. The summed E-state index contributed by atoms with van der Waals surface area (Å²) in [6.45, 7) is 3.32. The summed E-state index contributed by atoms with van der Waals surface area (Å²) in [5.41, 5.74) is 1.87. The maximum absolute atomic E-state index is 13.4. The number of aromatic carboxylic acids is 1. The van der Waals surface area contributed by atoms with Crippen LogP contribution < -0.4 is 10.9 Å². The number of halogens is 1. The molecule has 0 radical (unpaired) electrons. The SMILES string of the molecule is Cc1ccc(-c2c(C(=O)OC(C)C(=O)Nc3ccc(Cl)c(C(=O)O)c3)n(C)c(=O)c3ccccc23)cc1. The Hall–Kier alpha value is -4.43. The highest BCUT2D eigenvalue weighted by molar-refractivity contribution is 6.33. The number of fused-ring (bicyclic) bond motifs is 1. The number of carbonyl (C=O) groups is 3. The quantitative estimate of drug-likeness (QED) is 0.345. The van der Waals surface area contributed by atoms with Gasteiger partial charge in [0, 0.05) is 23.7 Å². The van der Waals surface area contributed by atoms with Gasteiger partial charge >= 0.3 is 11.9 Å². The number of rotatable bonds is 6. The van der Waals surface area contributed by atoms with Crippen LogP contribution in [-0.4, -0.2) is 33.6 Å². The highest BCUT2D eigenvalue weighted by atomic mass is 35.5. The lowest BCUT2D eigenvalue weighted by molar-refractivity contribution is -0.123. The molecule has 188 valence electrons. The Morgan fingerprint density at radius 3 is 2.30 bits per heavy atom. The second kappa shape index (κ2) is 10.3. The van der Waals surface area contributed by atoms with Crippen LogP contribution in [0.2, 0.25) is 5.02 Å². The average Bonchev–Trinajstić information content (AvgIpc) is 2.87. The maximum atomic E-state index is 13.4. The lowest BCUT2D eigenvalue weighted by atomic mass is 9.96.